The summed E-state index contributed by atoms with van der Waals surface area (Å²) in [5, 5.41) is 5.66. The van der Waals surface area contributed by atoms with Gasteiger partial charge in [-0.15, -0.1) is 0 Å². The van der Waals surface area contributed by atoms with E-state index in [1.54, 1.807) is 18.4 Å². The van der Waals surface area contributed by atoms with Gasteiger partial charge in [0.25, 0.3) is 11.8 Å². The van der Waals surface area contributed by atoms with E-state index in [4.69, 9.17) is 9.15 Å². The van der Waals surface area contributed by atoms with E-state index in [9.17, 15) is 9.59 Å². The molecule has 0 saturated carbocycles. The first kappa shape index (κ1) is 19.9. The molecule has 150 valence electrons. The molecule has 3 N–H and O–H groups in total. The second-order valence-electron chi connectivity index (χ2n) is 6.86. The fourth-order valence-corrected chi connectivity index (χ4v) is 3.05. The van der Waals surface area contributed by atoms with Crippen molar-refractivity contribution in [3.63, 3.8) is 0 Å². The summed E-state index contributed by atoms with van der Waals surface area (Å²) in [6, 6.07) is 11.4. The molecule has 1 aromatic carbocycles. The highest BCUT2D eigenvalue weighted by molar-refractivity contribution is 5.91. The van der Waals surface area contributed by atoms with Crippen LogP contribution in [0.3, 0.4) is 0 Å². The molecule has 0 aliphatic carbocycles. The minimum atomic E-state index is -0.129. The van der Waals surface area contributed by atoms with E-state index >= 15 is 0 Å². The molecular formula is C20H27N4O4+. The van der Waals surface area contributed by atoms with E-state index in [-0.39, 0.29) is 24.9 Å². The fourth-order valence-electron chi connectivity index (χ4n) is 3.05. The van der Waals surface area contributed by atoms with Gasteiger partial charge in [0.05, 0.1) is 33.1 Å². The number of furan rings is 1. The first-order chi connectivity index (χ1) is 13.6. The number of amides is 2. The number of nitrogens with zero attached hydrogens (tertiary/aromatic N) is 1. The van der Waals surface area contributed by atoms with E-state index < -0.39 is 0 Å². The van der Waals surface area contributed by atoms with Crippen molar-refractivity contribution in [3.8, 4) is 0 Å². The van der Waals surface area contributed by atoms with Gasteiger partial charge in [-0.1, -0.05) is 0 Å². The summed E-state index contributed by atoms with van der Waals surface area (Å²) in [6.45, 7) is 4.00. The van der Waals surface area contributed by atoms with Gasteiger partial charge in [-0.25, -0.2) is 0 Å². The highest BCUT2D eigenvalue weighted by atomic mass is 16.5. The molecule has 0 spiro atoms. The van der Waals surface area contributed by atoms with Gasteiger partial charge in [0.15, 0.2) is 13.1 Å². The van der Waals surface area contributed by atoms with Gasteiger partial charge in [0, 0.05) is 24.5 Å². The first-order valence-electron chi connectivity index (χ1n) is 9.43. The topological polar surface area (TPSA) is 88.2 Å². The van der Waals surface area contributed by atoms with Crippen LogP contribution in [-0.2, 0) is 20.9 Å². The largest absolute Gasteiger partial charge is 0.467 e. The normalized spacial score (nSPS) is 15.1. The molecule has 1 aliphatic rings. The van der Waals surface area contributed by atoms with Crippen LogP contribution in [0.5, 0.6) is 0 Å². The van der Waals surface area contributed by atoms with Crippen molar-refractivity contribution >= 4 is 23.2 Å². The summed E-state index contributed by atoms with van der Waals surface area (Å²) in [6.07, 6.45) is 1.57. The van der Waals surface area contributed by atoms with Crippen LogP contribution < -0.4 is 20.4 Å². The molecule has 28 heavy (non-hydrogen) atoms. The van der Waals surface area contributed by atoms with E-state index in [2.05, 4.69) is 15.5 Å². The van der Waals surface area contributed by atoms with Crippen LogP contribution in [0.4, 0.5) is 11.4 Å². The third-order valence-corrected chi connectivity index (χ3v) is 4.49. The Morgan fingerprint density at radius 2 is 1.79 bits per heavy atom. The van der Waals surface area contributed by atoms with E-state index in [1.807, 2.05) is 31.3 Å². The Kier molecular flexibility index (Phi) is 7.05. The second-order valence-corrected chi connectivity index (χ2v) is 6.86. The molecule has 2 amide bonds. The van der Waals surface area contributed by atoms with Crippen molar-refractivity contribution in [3.05, 3.63) is 48.4 Å². The SMILES string of the molecule is C[NH+](CC(=O)NCc1ccco1)CC(=O)Nc1ccc(N2CCOCC2)cc1. The lowest BCUT2D eigenvalue weighted by Gasteiger charge is -2.28. The predicted octanol–water partition coefficient (Wildman–Crippen LogP) is -0.114. The summed E-state index contributed by atoms with van der Waals surface area (Å²) >= 11 is 0. The first-order valence-corrected chi connectivity index (χ1v) is 9.43. The summed E-state index contributed by atoms with van der Waals surface area (Å²) in [4.78, 5) is 27.3. The highest BCUT2D eigenvalue weighted by Crippen LogP contribution is 2.18. The lowest BCUT2D eigenvalue weighted by molar-refractivity contribution is -0.862. The quantitative estimate of drug-likeness (QED) is 0.588. The van der Waals surface area contributed by atoms with Crippen LogP contribution in [0.1, 0.15) is 5.76 Å². The number of carbonyl (C=O) groups excluding carboxylic acids is 2. The molecule has 3 rings (SSSR count). The number of benzene rings is 1. The molecule has 1 aliphatic heterocycles. The number of carbonyl (C=O) groups is 2. The Bertz CT molecular complexity index is 755. The third kappa shape index (κ3) is 6.11. The van der Waals surface area contributed by atoms with Crippen LogP contribution >= 0.6 is 0 Å². The number of nitrogens with one attached hydrogen (secondary N) is 3. The van der Waals surface area contributed by atoms with Gasteiger partial charge in [-0.05, 0) is 36.4 Å². The number of quaternary nitrogens is 1. The van der Waals surface area contributed by atoms with Crippen LogP contribution in [0.25, 0.3) is 0 Å². The molecule has 2 heterocycles. The maximum atomic E-state index is 12.2. The van der Waals surface area contributed by atoms with Gasteiger partial charge in [-0.3, -0.25) is 9.59 Å². The maximum Gasteiger partial charge on any atom is 0.279 e. The molecule has 0 bridgehead atoms. The van der Waals surface area contributed by atoms with Crippen LogP contribution in [-0.4, -0.2) is 58.3 Å². The van der Waals surface area contributed by atoms with Gasteiger partial charge < -0.3 is 29.6 Å². The number of hydrogen-bond donors (Lipinski definition) is 3. The zero-order valence-corrected chi connectivity index (χ0v) is 16.1. The predicted molar refractivity (Wildman–Crippen MR) is 105 cm³/mol. The van der Waals surface area contributed by atoms with E-state index in [1.165, 1.54) is 0 Å². The number of anilines is 2. The molecule has 8 heteroatoms. The number of likely N-dealkylation sites (N-methyl/N-ethyl adjacent to an activating group) is 1. The summed E-state index contributed by atoms with van der Waals surface area (Å²) in [5.74, 6) is 0.441. The van der Waals surface area contributed by atoms with Gasteiger partial charge >= 0.3 is 0 Å². The van der Waals surface area contributed by atoms with E-state index in [0.717, 1.165) is 42.6 Å². The molecule has 8 nitrogen and oxygen atoms in total. The van der Waals surface area contributed by atoms with Crippen molar-refractivity contribution < 1.29 is 23.6 Å². The second kappa shape index (κ2) is 9.91. The average molecular weight is 387 g/mol. The standard InChI is InChI=1S/C20H26N4O4/c1-23(14-19(25)21-13-18-3-2-10-28-18)15-20(26)22-16-4-6-17(7-5-16)24-8-11-27-12-9-24/h2-7,10H,8-9,11-15H2,1H3,(H,21,25)(H,22,26)/p+1. The number of ether oxygens (including phenoxy) is 1. The van der Waals surface area contributed by atoms with Crippen LogP contribution in [0, 0.1) is 0 Å². The molecule has 1 saturated heterocycles. The van der Waals surface area contributed by atoms with Crippen molar-refractivity contribution in [2.24, 2.45) is 0 Å². The Morgan fingerprint density at radius 1 is 1.07 bits per heavy atom. The van der Waals surface area contributed by atoms with Gasteiger partial charge in [-0.2, -0.15) is 0 Å². The Balaban J connectivity index is 1.39. The summed E-state index contributed by atoms with van der Waals surface area (Å²) in [5.41, 5.74) is 1.87. The number of morpholine rings is 1. The minimum Gasteiger partial charge on any atom is -0.467 e. The number of rotatable bonds is 8. The smallest absolute Gasteiger partial charge is 0.279 e. The molecule has 1 unspecified atom stereocenters. The van der Waals surface area contributed by atoms with Gasteiger partial charge in [0.2, 0.25) is 0 Å². The Morgan fingerprint density at radius 3 is 2.46 bits per heavy atom. The molecule has 1 fully saturated rings. The molecule has 1 atom stereocenters. The van der Waals surface area contributed by atoms with Crippen molar-refractivity contribution in [2.45, 2.75) is 6.54 Å². The number of hydrogen-bond acceptors (Lipinski definition) is 5. The van der Waals surface area contributed by atoms with E-state index in [0.29, 0.717) is 12.3 Å². The molecular weight excluding hydrogens is 360 g/mol. The Hall–Kier alpha value is -2.84. The third-order valence-electron chi connectivity index (χ3n) is 4.49. The molecule has 1 aromatic heterocycles. The maximum absolute atomic E-state index is 12.2. The van der Waals surface area contributed by atoms with Crippen molar-refractivity contribution in [1.29, 1.82) is 0 Å². The van der Waals surface area contributed by atoms with Gasteiger partial charge in [0.1, 0.15) is 5.76 Å². The van der Waals surface area contributed by atoms with Crippen LogP contribution in [0.2, 0.25) is 0 Å². The van der Waals surface area contributed by atoms with Crippen LogP contribution in [0.15, 0.2) is 47.1 Å². The molecule has 2 aromatic rings. The Labute approximate surface area is 164 Å². The lowest BCUT2D eigenvalue weighted by Crippen LogP contribution is -3.11. The summed E-state index contributed by atoms with van der Waals surface area (Å²) in [7, 11) is 1.81. The van der Waals surface area contributed by atoms with Crippen molar-refractivity contribution in [1.82, 2.24) is 5.32 Å². The van der Waals surface area contributed by atoms with Crippen molar-refractivity contribution in [2.75, 3.05) is 56.7 Å². The monoisotopic (exact) mass is 387 g/mol. The summed E-state index contributed by atoms with van der Waals surface area (Å²) < 4.78 is 10.5. The fraction of sp³-hybridized carbons (Fsp3) is 0.400. The average Bonchev–Trinajstić information content (AvgIpc) is 3.21. The molecule has 0 radical (unpaired) electrons. The minimum absolute atomic E-state index is 0.128. The lowest BCUT2D eigenvalue weighted by atomic mass is 10.2. The highest BCUT2D eigenvalue weighted by Gasteiger charge is 2.15. The zero-order valence-electron chi connectivity index (χ0n) is 16.1. The zero-order chi connectivity index (χ0) is 19.8.